The minimum absolute atomic E-state index is 0. The lowest BCUT2D eigenvalue weighted by Crippen LogP contribution is -1.81. The number of rotatable bonds is 1. The van der Waals surface area contributed by atoms with Crippen molar-refractivity contribution < 1.29 is 0 Å². The number of hydrogen-bond acceptors (Lipinski definition) is 3. The Morgan fingerprint density at radius 3 is 2.27 bits per heavy atom. The average molecular weight is 231 g/mol. The average Bonchev–Trinajstić information content (AvgIpc) is 1.95. The van der Waals surface area contributed by atoms with Crippen molar-refractivity contribution in [3.8, 4) is 5.40 Å². The number of halogens is 1. The number of nitriles is 1. The molecule has 0 unspecified atom stereocenters. The summed E-state index contributed by atoms with van der Waals surface area (Å²) >= 11 is 1.13. The van der Waals surface area contributed by atoms with Crippen molar-refractivity contribution >= 4 is 34.4 Å². The smallest absolute Gasteiger partial charge is 0.138 e. The third-order valence-corrected chi connectivity index (χ3v) is 1.64. The molecule has 0 radical (unpaired) electrons. The van der Waals surface area contributed by atoms with Gasteiger partial charge in [0.15, 0.2) is 0 Å². The zero-order chi connectivity index (χ0) is 7.40. The first-order chi connectivity index (χ1) is 4.83. The lowest BCUT2D eigenvalue weighted by molar-refractivity contribution is 1.47. The normalized spacial score (nSPS) is 7.91. The van der Waals surface area contributed by atoms with Gasteiger partial charge in [0, 0.05) is 10.6 Å². The molecule has 4 heteroatoms. The van der Waals surface area contributed by atoms with Crippen LogP contribution < -0.4 is 5.73 Å². The summed E-state index contributed by atoms with van der Waals surface area (Å²) in [6, 6.07) is 7.20. The van der Waals surface area contributed by atoms with Crippen molar-refractivity contribution in [2.75, 3.05) is 5.73 Å². The molecule has 11 heavy (non-hydrogen) atoms. The SMILES string of the molecule is Br.N#CSc1ccc(N)cc1. The quantitative estimate of drug-likeness (QED) is 0.458. The van der Waals surface area contributed by atoms with E-state index in [-0.39, 0.29) is 17.0 Å². The molecule has 0 aromatic heterocycles. The van der Waals surface area contributed by atoms with E-state index in [1.54, 1.807) is 12.1 Å². The molecule has 0 atom stereocenters. The second kappa shape index (κ2) is 5.05. The van der Waals surface area contributed by atoms with Gasteiger partial charge >= 0.3 is 0 Å². The number of nitrogen functional groups attached to an aromatic ring is 1. The highest BCUT2D eigenvalue weighted by atomic mass is 79.9. The number of nitrogens with two attached hydrogens (primary N) is 1. The maximum atomic E-state index is 8.27. The fourth-order valence-electron chi connectivity index (χ4n) is 0.589. The molecule has 0 saturated carbocycles. The van der Waals surface area contributed by atoms with E-state index in [9.17, 15) is 0 Å². The van der Waals surface area contributed by atoms with Crippen LogP contribution in [0.4, 0.5) is 5.69 Å². The summed E-state index contributed by atoms with van der Waals surface area (Å²) in [6.45, 7) is 0. The van der Waals surface area contributed by atoms with Crippen LogP contribution in [0.15, 0.2) is 29.2 Å². The zero-order valence-corrected chi connectivity index (χ0v) is 8.18. The summed E-state index contributed by atoms with van der Waals surface area (Å²) in [4.78, 5) is 0.928. The molecule has 0 fully saturated rings. The summed E-state index contributed by atoms with van der Waals surface area (Å²) in [5.74, 6) is 0. The van der Waals surface area contributed by atoms with E-state index in [0.29, 0.717) is 0 Å². The molecular formula is C7H7BrN2S. The second-order valence-corrected chi connectivity index (χ2v) is 2.62. The molecule has 1 aromatic rings. The van der Waals surface area contributed by atoms with Gasteiger partial charge in [-0.1, -0.05) is 0 Å². The molecule has 2 N–H and O–H groups in total. The molecule has 0 aliphatic carbocycles. The van der Waals surface area contributed by atoms with Gasteiger partial charge in [-0.2, -0.15) is 5.26 Å². The van der Waals surface area contributed by atoms with Gasteiger partial charge in [-0.3, -0.25) is 0 Å². The first-order valence-corrected chi connectivity index (χ1v) is 3.56. The van der Waals surface area contributed by atoms with Crippen LogP contribution in [0, 0.1) is 10.7 Å². The number of anilines is 1. The zero-order valence-electron chi connectivity index (χ0n) is 5.65. The lowest BCUT2D eigenvalue weighted by atomic mass is 10.3. The molecule has 58 valence electrons. The van der Waals surface area contributed by atoms with Crippen LogP contribution in [0.3, 0.4) is 0 Å². The van der Waals surface area contributed by atoms with Crippen molar-refractivity contribution in [1.82, 2.24) is 0 Å². The maximum Gasteiger partial charge on any atom is 0.138 e. The summed E-state index contributed by atoms with van der Waals surface area (Å²) in [7, 11) is 0. The van der Waals surface area contributed by atoms with Gasteiger partial charge in [0.2, 0.25) is 0 Å². The fraction of sp³-hybridized carbons (Fsp3) is 0. The highest BCUT2D eigenvalue weighted by molar-refractivity contribution is 8.93. The maximum absolute atomic E-state index is 8.27. The standard InChI is InChI=1S/C7H6N2S.BrH/c8-5-10-7-3-1-6(9)2-4-7;/h1-4H,9H2;1H. The first-order valence-electron chi connectivity index (χ1n) is 2.74. The number of thioether (sulfide) groups is 1. The Hall–Kier alpha value is -0.660. The van der Waals surface area contributed by atoms with Crippen LogP contribution in [0.25, 0.3) is 0 Å². The largest absolute Gasteiger partial charge is 0.399 e. The Morgan fingerprint density at radius 1 is 1.27 bits per heavy atom. The van der Waals surface area contributed by atoms with E-state index >= 15 is 0 Å². The van der Waals surface area contributed by atoms with Crippen LogP contribution in [0.5, 0.6) is 0 Å². The minimum Gasteiger partial charge on any atom is -0.399 e. The Kier molecular flexibility index (Phi) is 4.75. The van der Waals surface area contributed by atoms with Crippen molar-refractivity contribution in [3.05, 3.63) is 24.3 Å². The number of nitrogens with zero attached hydrogens (tertiary/aromatic N) is 1. The van der Waals surface area contributed by atoms with E-state index in [1.165, 1.54) is 0 Å². The van der Waals surface area contributed by atoms with Crippen molar-refractivity contribution in [2.45, 2.75) is 4.90 Å². The van der Waals surface area contributed by atoms with Gasteiger partial charge in [0.05, 0.1) is 0 Å². The Morgan fingerprint density at radius 2 is 1.82 bits per heavy atom. The number of benzene rings is 1. The van der Waals surface area contributed by atoms with Gasteiger partial charge in [0.1, 0.15) is 5.40 Å². The first kappa shape index (κ1) is 10.3. The predicted octanol–water partition coefficient (Wildman–Crippen LogP) is 2.42. The van der Waals surface area contributed by atoms with E-state index in [4.69, 9.17) is 11.0 Å². The molecule has 1 aromatic carbocycles. The molecule has 2 nitrogen and oxygen atoms in total. The summed E-state index contributed by atoms with van der Waals surface area (Å²) in [5, 5.41) is 10.2. The molecule has 0 spiro atoms. The predicted molar refractivity (Wildman–Crippen MR) is 52.6 cm³/mol. The minimum atomic E-state index is 0. The Balaban J connectivity index is 0.000001000. The number of hydrogen-bond donors (Lipinski definition) is 1. The van der Waals surface area contributed by atoms with E-state index in [0.717, 1.165) is 22.3 Å². The van der Waals surface area contributed by atoms with Gasteiger partial charge in [0.25, 0.3) is 0 Å². The molecule has 0 aliphatic heterocycles. The second-order valence-electron chi connectivity index (χ2n) is 1.76. The van der Waals surface area contributed by atoms with Crippen LogP contribution in [-0.4, -0.2) is 0 Å². The van der Waals surface area contributed by atoms with Gasteiger partial charge < -0.3 is 5.73 Å². The fourth-order valence-corrected chi connectivity index (χ4v) is 0.966. The topological polar surface area (TPSA) is 49.8 Å². The molecular weight excluding hydrogens is 224 g/mol. The Labute approximate surface area is 80.2 Å². The van der Waals surface area contributed by atoms with Crippen LogP contribution in [0.1, 0.15) is 0 Å². The van der Waals surface area contributed by atoms with Crippen LogP contribution in [0.2, 0.25) is 0 Å². The highest BCUT2D eigenvalue weighted by Gasteiger charge is 1.89. The van der Waals surface area contributed by atoms with Gasteiger partial charge in [-0.25, -0.2) is 0 Å². The van der Waals surface area contributed by atoms with Crippen molar-refractivity contribution in [1.29, 1.82) is 5.26 Å². The molecule has 0 saturated heterocycles. The summed E-state index contributed by atoms with van der Waals surface area (Å²) in [6.07, 6.45) is 0. The summed E-state index contributed by atoms with van der Waals surface area (Å²) in [5.41, 5.74) is 6.16. The van der Waals surface area contributed by atoms with Crippen molar-refractivity contribution in [3.63, 3.8) is 0 Å². The molecule has 0 aliphatic rings. The summed E-state index contributed by atoms with van der Waals surface area (Å²) < 4.78 is 0. The van der Waals surface area contributed by atoms with E-state index < -0.39 is 0 Å². The van der Waals surface area contributed by atoms with E-state index in [1.807, 2.05) is 17.5 Å². The van der Waals surface area contributed by atoms with Crippen molar-refractivity contribution in [2.24, 2.45) is 0 Å². The number of thiocyanates is 1. The third kappa shape index (κ3) is 3.30. The molecule has 0 bridgehead atoms. The van der Waals surface area contributed by atoms with E-state index in [2.05, 4.69) is 0 Å². The molecule has 1 rings (SSSR count). The van der Waals surface area contributed by atoms with Crippen LogP contribution >= 0.6 is 28.7 Å². The highest BCUT2D eigenvalue weighted by Crippen LogP contribution is 2.16. The van der Waals surface area contributed by atoms with Crippen LogP contribution in [-0.2, 0) is 0 Å². The third-order valence-electron chi connectivity index (χ3n) is 1.04. The lowest BCUT2D eigenvalue weighted by Gasteiger charge is -1.92. The molecule has 0 heterocycles. The monoisotopic (exact) mass is 230 g/mol. The van der Waals surface area contributed by atoms with Gasteiger partial charge in [-0.05, 0) is 36.0 Å². The Bertz CT molecular complexity index is 252. The molecule has 0 amide bonds. The van der Waals surface area contributed by atoms with Gasteiger partial charge in [-0.15, -0.1) is 17.0 Å².